The second-order valence-electron chi connectivity index (χ2n) is 7.43. The van der Waals surface area contributed by atoms with Crippen LogP contribution in [0.3, 0.4) is 0 Å². The minimum atomic E-state index is -3.67. The molecule has 0 saturated carbocycles. The number of sulfonamides is 1. The van der Waals surface area contributed by atoms with Gasteiger partial charge in [-0.15, -0.1) is 0 Å². The number of hydrogen-bond acceptors (Lipinski definition) is 4. The van der Waals surface area contributed by atoms with Crippen molar-refractivity contribution in [1.82, 2.24) is 4.31 Å². The summed E-state index contributed by atoms with van der Waals surface area (Å²) in [5.74, 6) is 0. The van der Waals surface area contributed by atoms with Crippen LogP contribution in [-0.4, -0.2) is 31.1 Å². The first-order chi connectivity index (χ1) is 14.5. The number of oxime groups is 1. The molecule has 0 aliphatic carbocycles. The highest BCUT2D eigenvalue weighted by molar-refractivity contribution is 7.89. The maximum Gasteiger partial charge on any atom is 0.243 e. The van der Waals surface area contributed by atoms with Gasteiger partial charge >= 0.3 is 0 Å². The average molecular weight is 421 g/mol. The smallest absolute Gasteiger partial charge is 0.243 e. The molecule has 1 aliphatic rings. The predicted octanol–water partition coefficient (Wildman–Crippen LogP) is 4.38. The second-order valence-corrected chi connectivity index (χ2v) is 9.37. The van der Waals surface area contributed by atoms with Crippen LogP contribution in [0, 0.1) is 6.92 Å². The van der Waals surface area contributed by atoms with Gasteiger partial charge in [-0.3, -0.25) is 0 Å². The van der Waals surface area contributed by atoms with Gasteiger partial charge in [0, 0.05) is 13.0 Å². The summed E-state index contributed by atoms with van der Waals surface area (Å²) < 4.78 is 28.2. The molecule has 0 N–H and O–H groups in total. The molecule has 154 valence electrons. The van der Waals surface area contributed by atoms with Gasteiger partial charge in [0.05, 0.1) is 17.2 Å². The number of rotatable bonds is 7. The Bertz CT molecular complexity index is 1110. The summed E-state index contributed by atoms with van der Waals surface area (Å²) in [4.78, 5) is 5.91. The molecule has 6 heteroatoms. The standard InChI is InChI=1S/C24H24N2O3S/c1-19-12-14-21(15-13-19)24-16-22(29-25-24)18-26(17-20-8-4-2-5-9-20)30(27,28)23-10-6-3-7-11-23/h2-15,22H,16-18H2,1H3. The summed E-state index contributed by atoms with van der Waals surface area (Å²) in [5, 5.41) is 4.23. The fourth-order valence-electron chi connectivity index (χ4n) is 3.45. The third-order valence-electron chi connectivity index (χ3n) is 5.11. The van der Waals surface area contributed by atoms with Crippen LogP contribution in [0.4, 0.5) is 0 Å². The van der Waals surface area contributed by atoms with Crippen molar-refractivity contribution < 1.29 is 13.3 Å². The molecule has 3 aromatic rings. The molecular formula is C24H24N2O3S. The molecule has 0 bridgehead atoms. The fourth-order valence-corrected chi connectivity index (χ4v) is 4.93. The van der Waals surface area contributed by atoms with Crippen molar-refractivity contribution in [3.63, 3.8) is 0 Å². The second kappa shape index (κ2) is 8.81. The Balaban J connectivity index is 1.54. The van der Waals surface area contributed by atoms with E-state index in [4.69, 9.17) is 4.84 Å². The van der Waals surface area contributed by atoms with Gasteiger partial charge in [0.25, 0.3) is 0 Å². The van der Waals surface area contributed by atoms with Gasteiger partial charge in [-0.05, 0) is 30.2 Å². The molecule has 5 nitrogen and oxygen atoms in total. The average Bonchev–Trinajstić information content (AvgIpc) is 3.24. The third-order valence-corrected chi connectivity index (χ3v) is 6.93. The largest absolute Gasteiger partial charge is 0.390 e. The van der Waals surface area contributed by atoms with E-state index in [1.165, 1.54) is 9.87 Å². The van der Waals surface area contributed by atoms with Crippen LogP contribution in [-0.2, 0) is 21.4 Å². The zero-order valence-electron chi connectivity index (χ0n) is 16.8. The molecule has 1 atom stereocenters. The van der Waals surface area contributed by atoms with Gasteiger partial charge in [0.2, 0.25) is 10.0 Å². The van der Waals surface area contributed by atoms with Crippen molar-refractivity contribution in [1.29, 1.82) is 0 Å². The van der Waals surface area contributed by atoms with Gasteiger partial charge in [0.1, 0.15) is 6.10 Å². The fraction of sp³-hybridized carbons (Fsp3) is 0.208. The van der Waals surface area contributed by atoms with E-state index in [1.54, 1.807) is 24.3 Å². The first-order valence-electron chi connectivity index (χ1n) is 9.91. The highest BCUT2D eigenvalue weighted by Gasteiger charge is 2.31. The lowest BCUT2D eigenvalue weighted by Gasteiger charge is -2.24. The Hall–Kier alpha value is -2.96. The SMILES string of the molecule is Cc1ccc(C2=NOC(CN(Cc3ccccc3)S(=O)(=O)c3ccccc3)C2)cc1. The van der Waals surface area contributed by atoms with Crippen molar-refractivity contribution in [2.45, 2.75) is 30.9 Å². The van der Waals surface area contributed by atoms with Crippen molar-refractivity contribution in [3.05, 3.63) is 102 Å². The van der Waals surface area contributed by atoms with Crippen molar-refractivity contribution in [2.75, 3.05) is 6.54 Å². The van der Waals surface area contributed by atoms with Crippen molar-refractivity contribution in [3.8, 4) is 0 Å². The molecule has 0 spiro atoms. The molecule has 1 heterocycles. The maximum atomic E-state index is 13.3. The number of benzene rings is 3. The lowest BCUT2D eigenvalue weighted by atomic mass is 10.0. The Morgan fingerprint density at radius 3 is 2.23 bits per heavy atom. The normalized spacial score (nSPS) is 16.3. The molecule has 3 aromatic carbocycles. The van der Waals surface area contributed by atoms with Crippen molar-refractivity contribution >= 4 is 15.7 Å². The van der Waals surface area contributed by atoms with Gasteiger partial charge in [-0.2, -0.15) is 4.31 Å². The summed E-state index contributed by atoms with van der Waals surface area (Å²) in [6.07, 6.45) is 0.238. The molecule has 1 aliphatic heterocycles. The Labute approximate surface area is 177 Å². The van der Waals surface area contributed by atoms with Crippen LogP contribution in [0.15, 0.2) is 95.0 Å². The molecule has 0 amide bonds. The minimum absolute atomic E-state index is 0.227. The lowest BCUT2D eigenvalue weighted by molar-refractivity contribution is 0.0694. The van der Waals surface area contributed by atoms with E-state index >= 15 is 0 Å². The first-order valence-corrected chi connectivity index (χ1v) is 11.4. The summed E-state index contributed by atoms with van der Waals surface area (Å²) in [6.45, 7) is 2.54. The summed E-state index contributed by atoms with van der Waals surface area (Å²) in [7, 11) is -3.67. The molecular weight excluding hydrogens is 396 g/mol. The van der Waals surface area contributed by atoms with E-state index in [2.05, 4.69) is 5.16 Å². The quantitative estimate of drug-likeness (QED) is 0.570. The van der Waals surface area contributed by atoms with Gasteiger partial charge in [-0.1, -0.05) is 83.5 Å². The van der Waals surface area contributed by atoms with Crippen LogP contribution >= 0.6 is 0 Å². The van der Waals surface area contributed by atoms with E-state index in [1.807, 2.05) is 67.6 Å². The monoisotopic (exact) mass is 420 g/mol. The van der Waals surface area contributed by atoms with Gasteiger partial charge < -0.3 is 4.84 Å². The maximum absolute atomic E-state index is 13.3. The molecule has 0 aromatic heterocycles. The Morgan fingerprint density at radius 2 is 1.57 bits per heavy atom. The minimum Gasteiger partial charge on any atom is -0.390 e. The third kappa shape index (κ3) is 4.61. The zero-order valence-corrected chi connectivity index (χ0v) is 17.6. The highest BCUT2D eigenvalue weighted by Crippen LogP contribution is 2.23. The molecule has 0 fully saturated rings. The van der Waals surface area contributed by atoms with Crippen LogP contribution in [0.2, 0.25) is 0 Å². The van der Waals surface area contributed by atoms with Crippen LogP contribution < -0.4 is 0 Å². The summed E-state index contributed by atoms with van der Waals surface area (Å²) in [5.41, 5.74) is 3.95. The Morgan fingerprint density at radius 1 is 0.933 bits per heavy atom. The van der Waals surface area contributed by atoms with E-state index in [9.17, 15) is 8.42 Å². The summed E-state index contributed by atoms with van der Waals surface area (Å²) >= 11 is 0. The molecule has 1 unspecified atom stereocenters. The molecule has 30 heavy (non-hydrogen) atoms. The molecule has 4 rings (SSSR count). The molecule has 0 radical (unpaired) electrons. The first kappa shape index (κ1) is 20.3. The van der Waals surface area contributed by atoms with Crippen LogP contribution in [0.5, 0.6) is 0 Å². The Kier molecular flexibility index (Phi) is 5.97. The number of hydrogen-bond donors (Lipinski definition) is 0. The zero-order chi connectivity index (χ0) is 21.0. The van der Waals surface area contributed by atoms with Crippen LogP contribution in [0.1, 0.15) is 23.1 Å². The lowest BCUT2D eigenvalue weighted by Crippen LogP contribution is -2.37. The van der Waals surface area contributed by atoms with Gasteiger partial charge in [0.15, 0.2) is 0 Å². The van der Waals surface area contributed by atoms with Crippen molar-refractivity contribution in [2.24, 2.45) is 5.16 Å². The van der Waals surface area contributed by atoms with E-state index < -0.39 is 10.0 Å². The van der Waals surface area contributed by atoms with Crippen LogP contribution in [0.25, 0.3) is 0 Å². The predicted molar refractivity (Wildman–Crippen MR) is 118 cm³/mol. The van der Waals surface area contributed by atoms with E-state index in [0.29, 0.717) is 6.42 Å². The van der Waals surface area contributed by atoms with E-state index in [0.717, 1.165) is 16.8 Å². The topological polar surface area (TPSA) is 59.0 Å². The number of nitrogens with zero attached hydrogens (tertiary/aromatic N) is 2. The van der Waals surface area contributed by atoms with E-state index in [-0.39, 0.29) is 24.1 Å². The summed E-state index contributed by atoms with van der Waals surface area (Å²) in [6, 6.07) is 26.2. The molecule has 0 saturated heterocycles. The van der Waals surface area contributed by atoms with Gasteiger partial charge in [-0.25, -0.2) is 8.42 Å². The highest BCUT2D eigenvalue weighted by atomic mass is 32.2. The number of aryl methyl sites for hydroxylation is 1.